The van der Waals surface area contributed by atoms with Crippen molar-refractivity contribution in [1.82, 2.24) is 0 Å². The van der Waals surface area contributed by atoms with Gasteiger partial charge in [-0.05, 0) is 25.2 Å². The van der Waals surface area contributed by atoms with Gasteiger partial charge in [0, 0.05) is 23.0 Å². The summed E-state index contributed by atoms with van der Waals surface area (Å²) in [4.78, 5) is 11.7. The number of esters is 1. The molecular formula is C15H22O4. The number of carbonyl (C=O) groups excluding carboxylic acids is 1. The second-order valence-electron chi connectivity index (χ2n) is 6.71. The van der Waals surface area contributed by atoms with Crippen molar-refractivity contribution in [2.75, 3.05) is 0 Å². The van der Waals surface area contributed by atoms with Crippen LogP contribution in [0.5, 0.6) is 0 Å². The molecule has 0 aromatic heterocycles. The monoisotopic (exact) mass is 266 g/mol. The zero-order valence-electron chi connectivity index (χ0n) is 11.8. The van der Waals surface area contributed by atoms with Gasteiger partial charge < -0.3 is 14.9 Å². The summed E-state index contributed by atoms with van der Waals surface area (Å²) in [6.07, 6.45) is 2.80. The molecule has 0 bridgehead atoms. The summed E-state index contributed by atoms with van der Waals surface area (Å²) in [6, 6.07) is 0. The molecule has 4 nitrogen and oxygen atoms in total. The molecule has 0 aromatic carbocycles. The molecule has 0 saturated heterocycles. The van der Waals surface area contributed by atoms with Crippen LogP contribution in [-0.2, 0) is 9.53 Å². The van der Waals surface area contributed by atoms with Crippen molar-refractivity contribution in [3.05, 3.63) is 11.1 Å². The number of carbonyl (C=O) groups is 1. The lowest BCUT2D eigenvalue weighted by atomic mass is 9.52. The van der Waals surface area contributed by atoms with Crippen molar-refractivity contribution in [3.63, 3.8) is 0 Å². The predicted octanol–water partition coefficient (Wildman–Crippen LogP) is 1.76. The van der Waals surface area contributed by atoms with E-state index < -0.39 is 17.9 Å². The van der Waals surface area contributed by atoms with Gasteiger partial charge in [0.1, 0.15) is 0 Å². The lowest BCUT2D eigenvalue weighted by Crippen LogP contribution is -2.58. The van der Waals surface area contributed by atoms with Gasteiger partial charge in [-0.3, -0.25) is 0 Å². The summed E-state index contributed by atoms with van der Waals surface area (Å²) in [5.74, 6) is -1.49. The minimum Gasteiger partial charge on any atom is -0.426 e. The lowest BCUT2D eigenvalue weighted by Gasteiger charge is -2.55. The van der Waals surface area contributed by atoms with E-state index in [1.165, 1.54) is 0 Å². The quantitative estimate of drug-likeness (QED) is 0.656. The second-order valence-corrected chi connectivity index (χ2v) is 6.71. The highest BCUT2D eigenvalue weighted by atomic mass is 16.7. The average Bonchev–Trinajstić information content (AvgIpc) is 2.55. The number of hydrogen-bond acceptors (Lipinski definition) is 4. The fraction of sp³-hybridized carbons (Fsp3) is 0.800. The van der Waals surface area contributed by atoms with Crippen LogP contribution in [0.2, 0.25) is 0 Å². The van der Waals surface area contributed by atoms with Crippen LogP contribution in [0.25, 0.3) is 0 Å². The van der Waals surface area contributed by atoms with E-state index in [2.05, 4.69) is 13.8 Å². The van der Waals surface area contributed by atoms with Gasteiger partial charge in [0.25, 0.3) is 0 Å². The van der Waals surface area contributed by atoms with Gasteiger partial charge in [0.15, 0.2) is 0 Å². The molecule has 19 heavy (non-hydrogen) atoms. The molecule has 0 aromatic rings. The molecule has 5 atom stereocenters. The van der Waals surface area contributed by atoms with Gasteiger partial charge >= 0.3 is 5.97 Å². The Morgan fingerprint density at radius 2 is 2.05 bits per heavy atom. The summed E-state index contributed by atoms with van der Waals surface area (Å²) >= 11 is 0. The first-order valence-corrected chi connectivity index (χ1v) is 7.15. The Morgan fingerprint density at radius 3 is 2.74 bits per heavy atom. The first-order valence-electron chi connectivity index (χ1n) is 7.15. The van der Waals surface area contributed by atoms with E-state index in [0.29, 0.717) is 23.5 Å². The van der Waals surface area contributed by atoms with E-state index in [1.807, 2.05) is 0 Å². The van der Waals surface area contributed by atoms with Crippen molar-refractivity contribution in [2.45, 2.75) is 58.3 Å². The molecule has 3 rings (SSSR count). The summed E-state index contributed by atoms with van der Waals surface area (Å²) < 4.78 is 5.15. The zero-order chi connectivity index (χ0) is 14.0. The molecule has 1 heterocycles. The average molecular weight is 266 g/mol. The van der Waals surface area contributed by atoms with Gasteiger partial charge in [-0.25, -0.2) is 4.79 Å². The number of rotatable bonds is 0. The lowest BCUT2D eigenvalue weighted by molar-refractivity contribution is -0.221. The topological polar surface area (TPSA) is 66.8 Å². The molecular weight excluding hydrogens is 244 g/mol. The Labute approximate surface area is 113 Å². The molecule has 4 heteroatoms. The van der Waals surface area contributed by atoms with E-state index in [0.717, 1.165) is 19.3 Å². The van der Waals surface area contributed by atoms with Crippen LogP contribution >= 0.6 is 0 Å². The van der Waals surface area contributed by atoms with E-state index in [9.17, 15) is 15.0 Å². The third kappa shape index (κ3) is 1.50. The number of ether oxygens (including phenoxy) is 1. The molecule has 0 spiro atoms. The highest BCUT2D eigenvalue weighted by molar-refractivity contribution is 5.92. The fourth-order valence-electron chi connectivity index (χ4n) is 4.41. The Balaban J connectivity index is 2.10. The van der Waals surface area contributed by atoms with Crippen LogP contribution in [0.4, 0.5) is 0 Å². The first-order chi connectivity index (χ1) is 8.80. The van der Waals surface area contributed by atoms with Crippen LogP contribution in [0, 0.1) is 17.3 Å². The number of aliphatic hydroxyl groups excluding tert-OH is 1. The molecule has 2 saturated carbocycles. The number of fused-ring (bicyclic) bond motifs is 2. The van der Waals surface area contributed by atoms with Crippen LogP contribution in [0.3, 0.4) is 0 Å². The predicted molar refractivity (Wildman–Crippen MR) is 69.0 cm³/mol. The zero-order valence-corrected chi connectivity index (χ0v) is 11.8. The summed E-state index contributed by atoms with van der Waals surface area (Å²) in [6.45, 7) is 5.89. The normalized spacial score (nSPS) is 49.7. The molecule has 0 amide bonds. The Hall–Kier alpha value is -0.870. The van der Waals surface area contributed by atoms with Crippen LogP contribution in [0.1, 0.15) is 46.5 Å². The Morgan fingerprint density at radius 1 is 1.37 bits per heavy atom. The SMILES string of the molecule is CC1=C2C(O)C3(C)C(C)CCCC3CC2(O)OC1=O. The van der Waals surface area contributed by atoms with Gasteiger partial charge in [-0.2, -0.15) is 0 Å². The molecule has 0 radical (unpaired) electrons. The number of aliphatic hydroxyl groups is 2. The van der Waals surface area contributed by atoms with Gasteiger partial charge in [0.05, 0.1) is 6.10 Å². The summed E-state index contributed by atoms with van der Waals surface area (Å²) in [5.41, 5.74) is 0.521. The summed E-state index contributed by atoms with van der Waals surface area (Å²) in [7, 11) is 0. The molecule has 2 fully saturated rings. The van der Waals surface area contributed by atoms with E-state index in [1.54, 1.807) is 6.92 Å². The maximum Gasteiger partial charge on any atom is 0.336 e. The van der Waals surface area contributed by atoms with Gasteiger partial charge in [-0.1, -0.05) is 26.7 Å². The highest BCUT2D eigenvalue weighted by Crippen LogP contribution is 2.59. The molecule has 2 aliphatic carbocycles. The van der Waals surface area contributed by atoms with Crippen LogP contribution in [0.15, 0.2) is 11.1 Å². The van der Waals surface area contributed by atoms with E-state index in [4.69, 9.17) is 4.74 Å². The molecule has 106 valence electrons. The largest absolute Gasteiger partial charge is 0.426 e. The van der Waals surface area contributed by atoms with E-state index in [-0.39, 0.29) is 11.3 Å². The Kier molecular flexibility index (Phi) is 2.64. The van der Waals surface area contributed by atoms with Crippen molar-refractivity contribution >= 4 is 5.97 Å². The van der Waals surface area contributed by atoms with Gasteiger partial charge in [0.2, 0.25) is 5.79 Å². The summed E-state index contributed by atoms with van der Waals surface area (Å²) in [5, 5.41) is 21.4. The van der Waals surface area contributed by atoms with Crippen molar-refractivity contribution in [1.29, 1.82) is 0 Å². The smallest absolute Gasteiger partial charge is 0.336 e. The van der Waals surface area contributed by atoms with Crippen molar-refractivity contribution < 1.29 is 19.7 Å². The first kappa shape index (κ1) is 13.1. The van der Waals surface area contributed by atoms with Crippen LogP contribution < -0.4 is 0 Å². The van der Waals surface area contributed by atoms with E-state index >= 15 is 0 Å². The number of hydrogen-bond donors (Lipinski definition) is 2. The Bertz CT molecular complexity index is 469. The fourth-order valence-corrected chi connectivity index (χ4v) is 4.41. The van der Waals surface area contributed by atoms with Gasteiger partial charge in [-0.15, -0.1) is 0 Å². The molecule has 3 aliphatic rings. The maximum absolute atomic E-state index is 11.7. The maximum atomic E-state index is 11.7. The van der Waals surface area contributed by atoms with Crippen LogP contribution in [-0.4, -0.2) is 28.1 Å². The third-order valence-electron chi connectivity index (χ3n) is 5.91. The highest BCUT2D eigenvalue weighted by Gasteiger charge is 2.62. The standard InChI is InChI=1S/C15H22O4/c1-8-5-4-6-10-7-15(18)11(9(2)13(17)19-15)12(16)14(8,10)3/h8,10,12,16,18H,4-7H2,1-3H3. The second kappa shape index (κ2) is 3.83. The molecule has 2 N–H and O–H groups in total. The van der Waals surface area contributed by atoms with Crippen molar-refractivity contribution in [2.24, 2.45) is 17.3 Å². The molecule has 1 aliphatic heterocycles. The minimum absolute atomic E-state index is 0.193. The molecule has 5 unspecified atom stereocenters. The van der Waals surface area contributed by atoms with Crippen molar-refractivity contribution in [3.8, 4) is 0 Å². The third-order valence-corrected chi connectivity index (χ3v) is 5.91. The minimum atomic E-state index is -1.57.